The maximum atomic E-state index is 5.81. The van der Waals surface area contributed by atoms with Crippen molar-refractivity contribution in [1.82, 2.24) is 29.7 Å². The third-order valence-electron chi connectivity index (χ3n) is 3.56. The molecule has 3 rings (SSSR count). The average molecular weight is 274 g/mol. The molecule has 1 saturated heterocycles. The van der Waals surface area contributed by atoms with E-state index in [9.17, 15) is 0 Å². The summed E-state index contributed by atoms with van der Waals surface area (Å²) >= 11 is 0. The molecule has 1 atom stereocenters. The minimum atomic E-state index is 0.206. The maximum Gasteiger partial charge on any atom is 0.258 e. The van der Waals surface area contributed by atoms with E-state index in [0.717, 1.165) is 19.4 Å². The molecule has 0 saturated carbocycles. The van der Waals surface area contributed by atoms with Gasteiger partial charge in [-0.3, -0.25) is 0 Å². The molecule has 0 aliphatic carbocycles. The smallest absolute Gasteiger partial charge is 0.258 e. The molecule has 0 spiro atoms. The van der Waals surface area contributed by atoms with Gasteiger partial charge in [-0.2, -0.15) is 24.7 Å². The summed E-state index contributed by atoms with van der Waals surface area (Å²) in [6.45, 7) is 3.14. The number of rotatable bonds is 2. The second kappa shape index (κ2) is 5.40. The van der Waals surface area contributed by atoms with Gasteiger partial charge in [0.15, 0.2) is 0 Å². The van der Waals surface area contributed by atoms with Crippen LogP contribution in [0.15, 0.2) is 12.7 Å². The lowest BCUT2D eigenvalue weighted by molar-refractivity contribution is 0.602. The second-order valence-electron chi connectivity index (χ2n) is 5.03. The molecule has 1 aliphatic heterocycles. The van der Waals surface area contributed by atoms with Gasteiger partial charge in [-0.25, -0.2) is 4.98 Å². The summed E-state index contributed by atoms with van der Waals surface area (Å²) in [5.74, 6) is 1.23. The second-order valence-corrected chi connectivity index (χ2v) is 5.03. The summed E-state index contributed by atoms with van der Waals surface area (Å²) in [6, 6.07) is 0.405. The number of nitrogens with zero attached hydrogens (tertiary/aromatic N) is 7. The van der Waals surface area contributed by atoms with E-state index in [0.29, 0.717) is 17.9 Å². The van der Waals surface area contributed by atoms with E-state index in [-0.39, 0.29) is 5.95 Å². The topological polar surface area (TPSA) is 98.6 Å². The molecular weight excluding hydrogens is 256 g/mol. The lowest BCUT2D eigenvalue weighted by Crippen LogP contribution is -2.34. The Morgan fingerprint density at radius 3 is 2.80 bits per heavy atom. The Hall–Kier alpha value is -2.25. The van der Waals surface area contributed by atoms with Crippen molar-refractivity contribution >= 4 is 11.9 Å². The van der Waals surface area contributed by atoms with Crippen molar-refractivity contribution in [3.63, 3.8) is 0 Å². The van der Waals surface area contributed by atoms with Crippen LogP contribution in [-0.2, 0) is 0 Å². The Morgan fingerprint density at radius 2 is 2.00 bits per heavy atom. The minimum absolute atomic E-state index is 0.206. The van der Waals surface area contributed by atoms with Crippen LogP contribution in [-0.4, -0.2) is 42.3 Å². The molecule has 1 unspecified atom stereocenters. The zero-order chi connectivity index (χ0) is 13.9. The molecule has 1 aliphatic rings. The molecule has 2 aromatic heterocycles. The van der Waals surface area contributed by atoms with E-state index in [1.807, 2.05) is 0 Å². The van der Waals surface area contributed by atoms with Gasteiger partial charge in [0.05, 0.1) is 0 Å². The van der Waals surface area contributed by atoms with Gasteiger partial charge in [-0.05, 0) is 19.8 Å². The van der Waals surface area contributed by atoms with Crippen LogP contribution in [0.4, 0.5) is 11.9 Å². The van der Waals surface area contributed by atoms with Crippen LogP contribution in [0.2, 0.25) is 0 Å². The van der Waals surface area contributed by atoms with Gasteiger partial charge in [0.2, 0.25) is 11.9 Å². The zero-order valence-electron chi connectivity index (χ0n) is 11.5. The standard InChI is InChI=1S/C12H18N8/c1-9-5-3-2-4-6-19(9)11-16-10(13)17-12(18-11)20-8-14-7-15-20/h7-9H,2-6H2,1H3,(H2,13,16,17,18). The van der Waals surface area contributed by atoms with Crippen LogP contribution >= 0.6 is 0 Å². The molecular formula is C12H18N8. The first kappa shape index (κ1) is 12.8. The number of nitrogens with two attached hydrogens (primary N) is 1. The highest BCUT2D eigenvalue weighted by atomic mass is 15.4. The molecule has 3 heterocycles. The first-order chi connectivity index (χ1) is 9.74. The Kier molecular flexibility index (Phi) is 3.44. The van der Waals surface area contributed by atoms with E-state index in [1.165, 1.54) is 23.9 Å². The monoisotopic (exact) mass is 274 g/mol. The molecule has 0 amide bonds. The molecule has 2 N–H and O–H groups in total. The van der Waals surface area contributed by atoms with E-state index in [4.69, 9.17) is 5.73 Å². The Balaban J connectivity index is 1.96. The van der Waals surface area contributed by atoms with Gasteiger partial charge in [0, 0.05) is 12.6 Å². The highest BCUT2D eigenvalue weighted by Crippen LogP contribution is 2.21. The fourth-order valence-corrected chi connectivity index (χ4v) is 2.48. The van der Waals surface area contributed by atoms with Crippen molar-refractivity contribution < 1.29 is 0 Å². The van der Waals surface area contributed by atoms with Crippen LogP contribution in [0.1, 0.15) is 32.6 Å². The van der Waals surface area contributed by atoms with Gasteiger partial charge in [0.25, 0.3) is 5.95 Å². The summed E-state index contributed by atoms with van der Waals surface area (Å²) in [4.78, 5) is 19.0. The summed E-state index contributed by atoms with van der Waals surface area (Å²) in [7, 11) is 0. The highest BCUT2D eigenvalue weighted by Gasteiger charge is 2.21. The SMILES string of the molecule is CC1CCCCCN1c1nc(N)nc(-n2cncn2)n1. The van der Waals surface area contributed by atoms with Gasteiger partial charge < -0.3 is 10.6 Å². The van der Waals surface area contributed by atoms with E-state index >= 15 is 0 Å². The van der Waals surface area contributed by atoms with Crippen LogP contribution in [0.3, 0.4) is 0 Å². The van der Waals surface area contributed by atoms with Gasteiger partial charge in [-0.15, -0.1) is 0 Å². The molecule has 1 fully saturated rings. The van der Waals surface area contributed by atoms with E-state index < -0.39 is 0 Å². The number of nitrogen functional groups attached to an aromatic ring is 1. The van der Waals surface area contributed by atoms with Crippen LogP contribution in [0, 0.1) is 0 Å². The summed E-state index contributed by atoms with van der Waals surface area (Å²) in [5.41, 5.74) is 5.81. The number of hydrogen-bond donors (Lipinski definition) is 1. The summed E-state index contributed by atoms with van der Waals surface area (Å²) in [6.07, 6.45) is 7.77. The zero-order valence-corrected chi connectivity index (χ0v) is 11.5. The van der Waals surface area contributed by atoms with Crippen molar-refractivity contribution in [1.29, 1.82) is 0 Å². The normalized spacial score (nSPS) is 19.9. The number of anilines is 2. The average Bonchev–Trinajstić information content (AvgIpc) is 2.88. The Bertz CT molecular complexity index is 567. The molecule has 106 valence electrons. The Labute approximate surface area is 117 Å². The van der Waals surface area contributed by atoms with Crippen molar-refractivity contribution in [2.24, 2.45) is 0 Å². The third kappa shape index (κ3) is 2.54. The van der Waals surface area contributed by atoms with Crippen molar-refractivity contribution in [3.05, 3.63) is 12.7 Å². The van der Waals surface area contributed by atoms with Crippen LogP contribution in [0.5, 0.6) is 0 Å². The van der Waals surface area contributed by atoms with E-state index in [1.54, 1.807) is 6.33 Å². The molecule has 8 nitrogen and oxygen atoms in total. The molecule has 2 aromatic rings. The van der Waals surface area contributed by atoms with Crippen LogP contribution in [0.25, 0.3) is 5.95 Å². The molecule has 0 bridgehead atoms. The van der Waals surface area contributed by atoms with Crippen molar-refractivity contribution in [2.75, 3.05) is 17.2 Å². The molecule has 0 radical (unpaired) electrons. The fourth-order valence-electron chi connectivity index (χ4n) is 2.48. The van der Waals surface area contributed by atoms with Gasteiger partial charge in [-0.1, -0.05) is 12.8 Å². The third-order valence-corrected chi connectivity index (χ3v) is 3.56. The van der Waals surface area contributed by atoms with Gasteiger partial charge in [0.1, 0.15) is 12.7 Å². The van der Waals surface area contributed by atoms with Gasteiger partial charge >= 0.3 is 0 Å². The number of aromatic nitrogens is 6. The maximum absolute atomic E-state index is 5.81. The Morgan fingerprint density at radius 1 is 1.15 bits per heavy atom. The first-order valence-electron chi connectivity index (χ1n) is 6.87. The van der Waals surface area contributed by atoms with E-state index in [2.05, 4.69) is 36.9 Å². The predicted molar refractivity (Wildman–Crippen MR) is 74.4 cm³/mol. The molecule has 0 aromatic carbocycles. The van der Waals surface area contributed by atoms with Crippen molar-refractivity contribution in [2.45, 2.75) is 38.6 Å². The first-order valence-corrected chi connectivity index (χ1v) is 6.87. The predicted octanol–water partition coefficient (Wildman–Crippen LogP) is 0.803. The lowest BCUT2D eigenvalue weighted by atomic mass is 10.1. The summed E-state index contributed by atoms with van der Waals surface area (Å²) in [5, 5.41) is 4.03. The molecule has 20 heavy (non-hydrogen) atoms. The highest BCUT2D eigenvalue weighted by molar-refractivity contribution is 5.38. The fraction of sp³-hybridized carbons (Fsp3) is 0.583. The van der Waals surface area contributed by atoms with Crippen LogP contribution < -0.4 is 10.6 Å². The largest absolute Gasteiger partial charge is 0.368 e. The molecule has 8 heteroatoms. The van der Waals surface area contributed by atoms with Crippen molar-refractivity contribution in [3.8, 4) is 5.95 Å². The minimum Gasteiger partial charge on any atom is -0.368 e. The quantitative estimate of drug-likeness (QED) is 0.864. The summed E-state index contributed by atoms with van der Waals surface area (Å²) < 4.78 is 1.49. The number of hydrogen-bond acceptors (Lipinski definition) is 7. The lowest BCUT2D eigenvalue weighted by Gasteiger charge is -2.27.